The molecule has 0 unspecified atom stereocenters. The Labute approximate surface area is 139 Å². The predicted molar refractivity (Wildman–Crippen MR) is 93.0 cm³/mol. The number of aliphatic hydroxyl groups is 1. The lowest BCUT2D eigenvalue weighted by atomic mass is 10.2. The van der Waals surface area contributed by atoms with Gasteiger partial charge in [0.2, 0.25) is 0 Å². The summed E-state index contributed by atoms with van der Waals surface area (Å²) in [6.07, 6.45) is 2.68. The maximum absolute atomic E-state index is 12.2. The van der Waals surface area contributed by atoms with Gasteiger partial charge in [-0.3, -0.25) is 4.57 Å². The van der Waals surface area contributed by atoms with Gasteiger partial charge in [-0.25, -0.2) is 4.79 Å². The van der Waals surface area contributed by atoms with E-state index in [1.165, 1.54) is 4.57 Å². The Kier molecular flexibility index (Phi) is 5.05. The molecule has 1 aromatic carbocycles. The highest BCUT2D eigenvalue weighted by molar-refractivity contribution is 5.75. The Bertz CT molecular complexity index is 867. The Hall–Kier alpha value is -2.48. The van der Waals surface area contributed by atoms with E-state index in [-0.39, 0.29) is 12.3 Å². The molecule has 126 valence electrons. The Morgan fingerprint density at radius 1 is 1.29 bits per heavy atom. The highest BCUT2D eigenvalue weighted by atomic mass is 16.3. The predicted octanol–water partition coefficient (Wildman–Crippen LogP) is 0.644. The molecule has 0 bridgehead atoms. The summed E-state index contributed by atoms with van der Waals surface area (Å²) in [7, 11) is 0. The zero-order valence-electron chi connectivity index (χ0n) is 13.3. The quantitative estimate of drug-likeness (QED) is 0.476. The third kappa shape index (κ3) is 3.53. The third-order valence-corrected chi connectivity index (χ3v) is 3.84. The summed E-state index contributed by atoms with van der Waals surface area (Å²) in [5.74, 6) is 0. The van der Waals surface area contributed by atoms with Gasteiger partial charge in [0, 0.05) is 23.8 Å². The minimum absolute atomic E-state index is 0.115. The van der Waals surface area contributed by atoms with Crippen molar-refractivity contribution >= 4 is 11.0 Å². The molecule has 5 N–H and O–H groups in total. The monoisotopic (exact) mass is 327 g/mol. The van der Waals surface area contributed by atoms with Crippen LogP contribution in [-0.2, 0) is 13.2 Å². The van der Waals surface area contributed by atoms with Crippen LogP contribution in [0.4, 0.5) is 0 Å². The molecule has 3 aromatic rings. The highest BCUT2D eigenvalue weighted by Crippen LogP contribution is 2.14. The molecule has 0 spiro atoms. The van der Waals surface area contributed by atoms with Crippen molar-refractivity contribution in [2.75, 3.05) is 13.1 Å². The number of hydrogen-bond acceptors (Lipinski definition) is 5. The van der Waals surface area contributed by atoms with E-state index in [1.54, 1.807) is 12.3 Å². The van der Waals surface area contributed by atoms with Crippen molar-refractivity contribution in [1.29, 1.82) is 0 Å². The molecule has 0 saturated heterocycles. The second-order valence-corrected chi connectivity index (χ2v) is 5.64. The number of benzene rings is 1. The number of hydrogen-bond donors (Lipinski definition) is 4. The molecule has 3 rings (SSSR count). The number of fused-ring (bicyclic) bond motifs is 1. The maximum atomic E-state index is 12.2. The van der Waals surface area contributed by atoms with Gasteiger partial charge in [0.15, 0.2) is 0 Å². The van der Waals surface area contributed by atoms with Crippen LogP contribution in [0.15, 0.2) is 41.3 Å². The Morgan fingerprint density at radius 2 is 2.08 bits per heavy atom. The van der Waals surface area contributed by atoms with E-state index in [2.05, 4.69) is 15.3 Å². The minimum Gasteiger partial charge on any atom is -0.390 e. The van der Waals surface area contributed by atoms with E-state index in [0.29, 0.717) is 17.9 Å². The largest absolute Gasteiger partial charge is 0.390 e. The molecule has 7 heteroatoms. The van der Waals surface area contributed by atoms with Crippen molar-refractivity contribution in [3.8, 4) is 5.69 Å². The second-order valence-electron chi connectivity index (χ2n) is 5.64. The average Bonchev–Trinajstić information content (AvgIpc) is 3.00. The average molecular weight is 327 g/mol. The van der Waals surface area contributed by atoms with Gasteiger partial charge < -0.3 is 21.1 Å². The molecule has 24 heavy (non-hydrogen) atoms. The lowest BCUT2D eigenvalue weighted by Crippen LogP contribution is -2.20. The molecule has 2 aromatic heterocycles. The fourth-order valence-electron chi connectivity index (χ4n) is 2.56. The molecule has 0 aliphatic carbocycles. The van der Waals surface area contributed by atoms with Gasteiger partial charge in [0.25, 0.3) is 0 Å². The van der Waals surface area contributed by atoms with Gasteiger partial charge in [0.05, 0.1) is 12.3 Å². The number of aromatic amines is 1. The molecule has 0 amide bonds. The van der Waals surface area contributed by atoms with E-state index < -0.39 is 0 Å². The topological polar surface area (TPSA) is 109 Å². The van der Waals surface area contributed by atoms with Crippen LogP contribution in [-0.4, -0.2) is 32.7 Å². The van der Waals surface area contributed by atoms with Gasteiger partial charge in [-0.15, -0.1) is 0 Å². The molecule has 0 saturated carbocycles. The number of H-pyrrole nitrogens is 1. The van der Waals surface area contributed by atoms with E-state index in [9.17, 15) is 9.90 Å². The van der Waals surface area contributed by atoms with Crippen molar-refractivity contribution in [1.82, 2.24) is 19.9 Å². The van der Waals surface area contributed by atoms with Crippen LogP contribution in [0.5, 0.6) is 0 Å². The summed E-state index contributed by atoms with van der Waals surface area (Å²) in [5.41, 5.74) is 8.12. The highest BCUT2D eigenvalue weighted by Gasteiger charge is 2.07. The summed E-state index contributed by atoms with van der Waals surface area (Å²) >= 11 is 0. The van der Waals surface area contributed by atoms with Crippen LogP contribution in [0.25, 0.3) is 16.7 Å². The zero-order valence-corrected chi connectivity index (χ0v) is 13.3. The van der Waals surface area contributed by atoms with E-state index in [4.69, 9.17) is 5.73 Å². The Balaban J connectivity index is 1.82. The normalized spacial score (nSPS) is 11.2. The summed E-state index contributed by atoms with van der Waals surface area (Å²) in [6.45, 7) is 2.22. The summed E-state index contributed by atoms with van der Waals surface area (Å²) in [6, 6.07) is 9.55. The third-order valence-electron chi connectivity index (χ3n) is 3.84. The minimum atomic E-state index is -0.359. The van der Waals surface area contributed by atoms with Crippen LogP contribution in [0, 0.1) is 0 Å². The number of nitrogens with two attached hydrogens (primary N) is 1. The van der Waals surface area contributed by atoms with Crippen LogP contribution in [0.2, 0.25) is 0 Å². The standard InChI is InChI=1S/C17H21N5O2/c18-6-1-7-19-9-12-2-4-15(5-3-12)22-10-13-8-14(11-23)20-16(13)21-17(22)24/h2-5,8,10,19,23H,1,6-7,9,11,18H2,(H,20,21,24). The van der Waals surface area contributed by atoms with E-state index in [0.717, 1.165) is 36.1 Å². The van der Waals surface area contributed by atoms with Crippen molar-refractivity contribution in [3.05, 3.63) is 58.3 Å². The first-order valence-electron chi connectivity index (χ1n) is 7.93. The molecule has 0 atom stereocenters. The second kappa shape index (κ2) is 7.39. The molecule has 0 aliphatic rings. The number of aromatic nitrogens is 3. The van der Waals surface area contributed by atoms with Gasteiger partial charge in [-0.1, -0.05) is 12.1 Å². The first-order valence-corrected chi connectivity index (χ1v) is 7.93. The first kappa shape index (κ1) is 16.4. The summed E-state index contributed by atoms with van der Waals surface area (Å²) in [4.78, 5) is 19.2. The van der Waals surface area contributed by atoms with E-state index >= 15 is 0 Å². The van der Waals surface area contributed by atoms with Crippen LogP contribution in [0.1, 0.15) is 17.7 Å². The van der Waals surface area contributed by atoms with Gasteiger partial charge in [-0.2, -0.15) is 4.98 Å². The zero-order chi connectivity index (χ0) is 16.9. The van der Waals surface area contributed by atoms with Crippen molar-refractivity contribution in [2.24, 2.45) is 5.73 Å². The summed E-state index contributed by atoms with van der Waals surface area (Å²) < 4.78 is 1.50. The summed E-state index contributed by atoms with van der Waals surface area (Å²) in [5, 5.41) is 13.3. The molecular weight excluding hydrogens is 306 g/mol. The van der Waals surface area contributed by atoms with Crippen LogP contribution in [0.3, 0.4) is 0 Å². The van der Waals surface area contributed by atoms with E-state index in [1.807, 2.05) is 24.3 Å². The van der Waals surface area contributed by atoms with Gasteiger partial charge >= 0.3 is 5.69 Å². The fraction of sp³-hybridized carbons (Fsp3) is 0.294. The van der Waals surface area contributed by atoms with Crippen molar-refractivity contribution in [3.63, 3.8) is 0 Å². The number of rotatable bonds is 7. The molecule has 2 heterocycles. The molecule has 7 nitrogen and oxygen atoms in total. The van der Waals surface area contributed by atoms with Crippen LogP contribution < -0.4 is 16.7 Å². The molecule has 0 aliphatic heterocycles. The van der Waals surface area contributed by atoms with Crippen LogP contribution >= 0.6 is 0 Å². The Morgan fingerprint density at radius 3 is 2.79 bits per heavy atom. The lowest BCUT2D eigenvalue weighted by molar-refractivity contribution is 0.278. The number of nitrogens with zero attached hydrogens (tertiary/aromatic N) is 2. The maximum Gasteiger partial charge on any atom is 0.354 e. The van der Waals surface area contributed by atoms with Crippen molar-refractivity contribution < 1.29 is 5.11 Å². The first-order chi connectivity index (χ1) is 11.7. The smallest absolute Gasteiger partial charge is 0.354 e. The molecule has 0 radical (unpaired) electrons. The fourth-order valence-corrected chi connectivity index (χ4v) is 2.56. The molecular formula is C17H21N5O2. The SMILES string of the molecule is NCCCNCc1ccc(-n2cc3cc(CO)[nH]c3nc2=O)cc1. The molecule has 0 fully saturated rings. The lowest BCUT2D eigenvalue weighted by Gasteiger charge is -2.07. The number of aliphatic hydroxyl groups excluding tert-OH is 1. The number of nitrogens with one attached hydrogen (secondary N) is 2. The van der Waals surface area contributed by atoms with Crippen molar-refractivity contribution in [2.45, 2.75) is 19.6 Å². The van der Waals surface area contributed by atoms with Gasteiger partial charge in [0.1, 0.15) is 5.65 Å². The van der Waals surface area contributed by atoms with Gasteiger partial charge in [-0.05, 0) is 43.3 Å².